The molecule has 0 amide bonds. The van der Waals surface area contributed by atoms with Crippen molar-refractivity contribution < 1.29 is 14.6 Å². The van der Waals surface area contributed by atoms with E-state index in [2.05, 4.69) is 32.0 Å². The van der Waals surface area contributed by atoms with Crippen LogP contribution in [0, 0.1) is 6.92 Å². The Morgan fingerprint density at radius 1 is 1.04 bits per heavy atom. The van der Waals surface area contributed by atoms with Crippen molar-refractivity contribution in [1.82, 2.24) is 0 Å². The van der Waals surface area contributed by atoms with Crippen molar-refractivity contribution in [3.05, 3.63) is 64.2 Å². The zero-order chi connectivity index (χ0) is 20.0. The number of hydrogen-bond donors (Lipinski definition) is 2. The van der Waals surface area contributed by atoms with Crippen molar-refractivity contribution >= 4 is 5.97 Å². The molecule has 0 aliphatic heterocycles. The van der Waals surface area contributed by atoms with Crippen molar-refractivity contribution in [3.63, 3.8) is 0 Å². The largest absolute Gasteiger partial charge is 0.508 e. The van der Waals surface area contributed by atoms with Crippen molar-refractivity contribution in [1.29, 1.82) is 0 Å². The van der Waals surface area contributed by atoms with Crippen LogP contribution in [-0.4, -0.2) is 17.7 Å². The topological polar surface area (TPSA) is 72.5 Å². The Hall–Kier alpha value is -2.33. The molecule has 3 N–H and O–H groups in total. The minimum atomic E-state index is -0.230. The lowest BCUT2D eigenvalue weighted by Gasteiger charge is -2.34. The Morgan fingerprint density at radius 3 is 2.22 bits per heavy atom. The van der Waals surface area contributed by atoms with E-state index >= 15 is 0 Å². The highest BCUT2D eigenvalue weighted by atomic mass is 16.5. The number of hydrogen-bond acceptors (Lipinski definition) is 4. The Labute approximate surface area is 162 Å². The maximum absolute atomic E-state index is 11.9. The van der Waals surface area contributed by atoms with E-state index in [1.807, 2.05) is 19.1 Å². The van der Waals surface area contributed by atoms with Gasteiger partial charge in [-0.05, 0) is 60.6 Å². The maximum Gasteiger partial charge on any atom is 0.310 e. The van der Waals surface area contributed by atoms with E-state index < -0.39 is 0 Å². The normalized spacial score (nSPS) is 11.4. The number of ether oxygens (including phenoxy) is 1. The van der Waals surface area contributed by atoms with E-state index in [9.17, 15) is 9.90 Å². The van der Waals surface area contributed by atoms with Gasteiger partial charge in [0.25, 0.3) is 0 Å². The molecule has 0 aliphatic carbocycles. The molecule has 0 saturated carbocycles. The molecule has 4 heteroatoms. The first-order valence-corrected chi connectivity index (χ1v) is 9.69. The number of aryl methyl sites for hydroxylation is 1. The maximum atomic E-state index is 11.9. The average molecular weight is 370 g/mol. The lowest BCUT2D eigenvalue weighted by Crippen LogP contribution is -2.27. The molecule has 0 saturated heterocycles. The van der Waals surface area contributed by atoms with Gasteiger partial charge >= 0.3 is 5.97 Å². The summed E-state index contributed by atoms with van der Waals surface area (Å²) >= 11 is 0. The van der Waals surface area contributed by atoms with Crippen LogP contribution in [0.1, 0.15) is 61.4 Å². The van der Waals surface area contributed by atoms with Crippen molar-refractivity contribution in [3.8, 4) is 5.75 Å². The smallest absolute Gasteiger partial charge is 0.310 e. The van der Waals surface area contributed by atoms with Crippen LogP contribution in [0.3, 0.4) is 0 Å². The fraction of sp³-hybridized carbons (Fsp3) is 0.435. The Balaban J connectivity index is 2.51. The molecule has 4 nitrogen and oxygen atoms in total. The molecule has 0 unspecified atom stereocenters. The average Bonchev–Trinajstić information content (AvgIpc) is 2.67. The number of aromatic hydroxyl groups is 1. The Bertz CT molecular complexity index is 794. The first-order valence-electron chi connectivity index (χ1n) is 9.69. The van der Waals surface area contributed by atoms with Crippen molar-refractivity contribution in [2.75, 3.05) is 6.61 Å². The number of carbonyl (C=O) groups excluding carboxylic acids is 1. The molecule has 2 rings (SSSR count). The molecule has 27 heavy (non-hydrogen) atoms. The third kappa shape index (κ3) is 4.33. The minimum Gasteiger partial charge on any atom is -0.508 e. The first kappa shape index (κ1) is 21.0. The van der Waals surface area contributed by atoms with Gasteiger partial charge in [-0.3, -0.25) is 4.79 Å². The molecule has 2 aromatic carbocycles. The van der Waals surface area contributed by atoms with Gasteiger partial charge < -0.3 is 15.6 Å². The molecule has 0 spiro atoms. The van der Waals surface area contributed by atoms with Gasteiger partial charge in [-0.25, -0.2) is 0 Å². The molecular weight excluding hydrogens is 338 g/mol. The second-order valence-electron chi connectivity index (χ2n) is 6.96. The SMILES string of the molecule is CCOC(=O)Cc1ccc(C(CC)(CC)c2ccc(O)c(C)c2)cc1CN. The molecule has 0 radical (unpaired) electrons. The van der Waals surface area contributed by atoms with Crippen LogP contribution >= 0.6 is 0 Å². The van der Waals surface area contributed by atoms with E-state index in [-0.39, 0.29) is 17.8 Å². The van der Waals surface area contributed by atoms with E-state index in [0.717, 1.165) is 29.5 Å². The number of phenols is 1. The molecular formula is C23H31NO3. The minimum absolute atomic E-state index is 0.162. The monoisotopic (exact) mass is 369 g/mol. The van der Waals surface area contributed by atoms with Gasteiger partial charge in [0.15, 0.2) is 0 Å². The van der Waals surface area contributed by atoms with Gasteiger partial charge in [-0.1, -0.05) is 44.2 Å². The van der Waals surface area contributed by atoms with Gasteiger partial charge in [-0.15, -0.1) is 0 Å². The van der Waals surface area contributed by atoms with E-state index in [1.54, 1.807) is 13.0 Å². The van der Waals surface area contributed by atoms with Crippen LogP contribution in [0.25, 0.3) is 0 Å². The van der Waals surface area contributed by atoms with E-state index in [0.29, 0.717) is 18.9 Å². The highest BCUT2D eigenvalue weighted by molar-refractivity contribution is 5.73. The van der Waals surface area contributed by atoms with E-state index in [4.69, 9.17) is 10.5 Å². The van der Waals surface area contributed by atoms with E-state index in [1.165, 1.54) is 11.1 Å². The number of nitrogens with two attached hydrogens (primary N) is 1. The van der Waals surface area contributed by atoms with Crippen molar-refractivity contribution in [2.24, 2.45) is 5.73 Å². The fourth-order valence-electron chi connectivity index (χ4n) is 3.84. The van der Waals surface area contributed by atoms with Crippen LogP contribution in [0.4, 0.5) is 0 Å². The van der Waals surface area contributed by atoms with Gasteiger partial charge in [-0.2, -0.15) is 0 Å². The summed E-state index contributed by atoms with van der Waals surface area (Å²) in [4.78, 5) is 11.9. The molecule has 0 heterocycles. The second-order valence-corrected chi connectivity index (χ2v) is 6.96. The highest BCUT2D eigenvalue weighted by Crippen LogP contribution is 2.40. The fourth-order valence-corrected chi connectivity index (χ4v) is 3.84. The summed E-state index contributed by atoms with van der Waals surface area (Å²) in [5, 5.41) is 9.91. The summed E-state index contributed by atoms with van der Waals surface area (Å²) in [6.45, 7) is 8.84. The number of rotatable bonds is 8. The van der Waals surface area contributed by atoms with Gasteiger partial charge in [0, 0.05) is 12.0 Å². The van der Waals surface area contributed by atoms with Crippen LogP contribution < -0.4 is 5.73 Å². The lowest BCUT2D eigenvalue weighted by atomic mass is 9.69. The zero-order valence-electron chi connectivity index (χ0n) is 16.8. The quantitative estimate of drug-likeness (QED) is 0.678. The Kier molecular flexibility index (Phi) is 7.03. The predicted molar refractivity (Wildman–Crippen MR) is 109 cm³/mol. The van der Waals surface area contributed by atoms with Crippen LogP contribution in [0.5, 0.6) is 5.75 Å². The highest BCUT2D eigenvalue weighted by Gasteiger charge is 2.31. The molecule has 146 valence electrons. The molecule has 0 fully saturated rings. The molecule has 0 bridgehead atoms. The van der Waals surface area contributed by atoms with Crippen LogP contribution in [-0.2, 0) is 27.9 Å². The second kappa shape index (κ2) is 9.05. The zero-order valence-corrected chi connectivity index (χ0v) is 16.8. The number of benzene rings is 2. The summed E-state index contributed by atoms with van der Waals surface area (Å²) in [7, 11) is 0. The lowest BCUT2D eigenvalue weighted by molar-refractivity contribution is -0.142. The Morgan fingerprint density at radius 2 is 1.67 bits per heavy atom. The third-order valence-electron chi connectivity index (χ3n) is 5.58. The molecule has 0 aromatic heterocycles. The summed E-state index contributed by atoms with van der Waals surface area (Å²) in [6.07, 6.45) is 2.09. The molecule has 0 atom stereocenters. The third-order valence-corrected chi connectivity index (χ3v) is 5.58. The summed E-state index contributed by atoms with van der Waals surface area (Å²) in [6, 6.07) is 12.1. The van der Waals surface area contributed by atoms with Gasteiger partial charge in [0.2, 0.25) is 0 Å². The van der Waals surface area contributed by atoms with Crippen LogP contribution in [0.15, 0.2) is 36.4 Å². The summed E-state index contributed by atoms with van der Waals surface area (Å²) in [5.74, 6) is 0.0821. The summed E-state index contributed by atoms with van der Waals surface area (Å²) in [5.41, 5.74) is 11.0. The predicted octanol–water partition coefficient (Wildman–Crippen LogP) is 4.37. The standard InChI is InChI=1S/C23H31NO3/c1-5-23(6-2,19-10-11-21(25)16(4)12-19)20-9-8-17(18(13-20)15-24)14-22(26)27-7-3/h8-13,25H,5-7,14-15,24H2,1-4H3. The molecule has 0 aliphatic rings. The summed E-state index contributed by atoms with van der Waals surface area (Å²) < 4.78 is 5.08. The molecule has 2 aromatic rings. The number of carbonyl (C=O) groups is 1. The number of esters is 1. The first-order chi connectivity index (χ1) is 12.9. The van der Waals surface area contributed by atoms with Crippen molar-refractivity contribution in [2.45, 2.75) is 58.9 Å². The van der Waals surface area contributed by atoms with Crippen LogP contribution in [0.2, 0.25) is 0 Å². The van der Waals surface area contributed by atoms with Gasteiger partial charge in [0.05, 0.1) is 13.0 Å². The number of phenolic OH excluding ortho intramolecular Hbond substituents is 1. The van der Waals surface area contributed by atoms with Gasteiger partial charge in [0.1, 0.15) is 5.75 Å².